The average Bonchev–Trinajstić information content (AvgIpc) is 2.38. The van der Waals surface area contributed by atoms with Gasteiger partial charge >= 0.3 is 5.97 Å². The van der Waals surface area contributed by atoms with E-state index in [0.29, 0.717) is 16.7 Å². The first-order valence-corrected chi connectivity index (χ1v) is 5.24. The van der Waals surface area contributed by atoms with Crippen LogP contribution in [0.4, 0.5) is 0 Å². The molecule has 0 spiro atoms. The smallest absolute Gasteiger partial charge is 0.339 e. The summed E-state index contributed by atoms with van der Waals surface area (Å²) in [5.74, 6) is -1.51. The number of benzene rings is 2. The molecule has 0 bridgehead atoms. The zero-order chi connectivity index (χ0) is 13.1. The molecule has 0 aliphatic carbocycles. The zero-order valence-corrected chi connectivity index (χ0v) is 9.33. The summed E-state index contributed by atoms with van der Waals surface area (Å²) in [7, 11) is 0. The predicted molar refractivity (Wildman–Crippen MR) is 65.9 cm³/mol. The Labute approximate surface area is 103 Å². The summed E-state index contributed by atoms with van der Waals surface area (Å²) in [6.07, 6.45) is 0.720. The van der Waals surface area contributed by atoms with E-state index in [1.165, 1.54) is 12.1 Å². The molecule has 0 saturated carbocycles. The number of carbonyl (C=O) groups is 2. The third kappa shape index (κ3) is 2.08. The second-order valence-corrected chi connectivity index (χ2v) is 3.74. The van der Waals surface area contributed by atoms with Gasteiger partial charge in [-0.1, -0.05) is 30.3 Å². The molecule has 4 nitrogen and oxygen atoms in total. The van der Waals surface area contributed by atoms with Crippen LogP contribution in [0.25, 0.3) is 11.1 Å². The van der Waals surface area contributed by atoms with Crippen LogP contribution in [0.3, 0.4) is 0 Å². The van der Waals surface area contributed by atoms with Crippen molar-refractivity contribution in [1.29, 1.82) is 0 Å². The number of phenols is 1. The van der Waals surface area contributed by atoms with Crippen LogP contribution < -0.4 is 0 Å². The van der Waals surface area contributed by atoms with E-state index in [2.05, 4.69) is 0 Å². The summed E-state index contributed by atoms with van der Waals surface area (Å²) in [6, 6.07) is 11.1. The van der Waals surface area contributed by atoms with Crippen LogP contribution in [0.1, 0.15) is 20.7 Å². The molecule has 18 heavy (non-hydrogen) atoms. The highest BCUT2D eigenvalue weighted by molar-refractivity contribution is 5.93. The van der Waals surface area contributed by atoms with Gasteiger partial charge in [-0.15, -0.1) is 0 Å². The van der Waals surface area contributed by atoms with Gasteiger partial charge in [0, 0.05) is 5.56 Å². The first-order chi connectivity index (χ1) is 8.63. The standard InChI is InChI=1S/C14H10O4/c15-8-10-3-1-2-4-11(10)9-5-6-12(14(17)18)13(16)7-9/h1-8,16H,(H,17,18). The molecule has 0 radical (unpaired) electrons. The van der Waals surface area contributed by atoms with E-state index in [9.17, 15) is 14.7 Å². The summed E-state index contributed by atoms with van der Waals surface area (Å²) < 4.78 is 0. The predicted octanol–water partition coefficient (Wildman–Crippen LogP) is 2.57. The number of aldehydes is 1. The molecular formula is C14H10O4. The molecule has 0 heterocycles. The number of hydrogen-bond acceptors (Lipinski definition) is 3. The van der Waals surface area contributed by atoms with Gasteiger partial charge in [0.2, 0.25) is 0 Å². The molecule has 0 saturated heterocycles. The van der Waals surface area contributed by atoms with E-state index in [1.807, 2.05) is 0 Å². The van der Waals surface area contributed by atoms with Crippen molar-refractivity contribution in [3.63, 3.8) is 0 Å². The molecule has 0 aromatic heterocycles. The highest BCUT2D eigenvalue weighted by Gasteiger charge is 2.11. The van der Waals surface area contributed by atoms with E-state index in [1.54, 1.807) is 30.3 Å². The maximum absolute atomic E-state index is 10.9. The Bertz CT molecular complexity index is 617. The Hall–Kier alpha value is -2.62. The van der Waals surface area contributed by atoms with Crippen LogP contribution in [-0.4, -0.2) is 22.5 Å². The molecule has 0 aliphatic rings. The molecular weight excluding hydrogens is 232 g/mol. The number of hydrogen-bond donors (Lipinski definition) is 2. The molecule has 2 aromatic rings. The second kappa shape index (κ2) is 4.71. The molecule has 4 heteroatoms. The van der Waals surface area contributed by atoms with Crippen LogP contribution in [0, 0.1) is 0 Å². The number of aromatic carboxylic acids is 1. The molecule has 90 valence electrons. The van der Waals surface area contributed by atoms with Crippen LogP contribution >= 0.6 is 0 Å². The molecule has 0 unspecified atom stereocenters. The minimum absolute atomic E-state index is 0.165. The lowest BCUT2D eigenvalue weighted by Crippen LogP contribution is -1.97. The van der Waals surface area contributed by atoms with Gasteiger partial charge in [0.05, 0.1) is 0 Å². The third-order valence-electron chi connectivity index (χ3n) is 2.63. The first-order valence-electron chi connectivity index (χ1n) is 5.24. The van der Waals surface area contributed by atoms with E-state index in [0.717, 1.165) is 6.29 Å². The third-order valence-corrected chi connectivity index (χ3v) is 2.63. The van der Waals surface area contributed by atoms with E-state index in [4.69, 9.17) is 5.11 Å². The Kier molecular flexibility index (Phi) is 3.10. The normalized spacial score (nSPS) is 10.0. The Balaban J connectivity index is 2.55. The molecule has 0 atom stereocenters. The van der Waals surface area contributed by atoms with Gasteiger partial charge < -0.3 is 10.2 Å². The second-order valence-electron chi connectivity index (χ2n) is 3.74. The number of carbonyl (C=O) groups excluding carboxylic acids is 1. The molecule has 0 fully saturated rings. The van der Waals surface area contributed by atoms with Gasteiger partial charge in [-0.25, -0.2) is 4.79 Å². The molecule has 2 rings (SSSR count). The maximum Gasteiger partial charge on any atom is 0.339 e. The summed E-state index contributed by atoms with van der Waals surface area (Å²) in [6.45, 7) is 0. The van der Waals surface area contributed by atoms with E-state index < -0.39 is 5.97 Å². The van der Waals surface area contributed by atoms with E-state index >= 15 is 0 Å². The topological polar surface area (TPSA) is 74.6 Å². The molecule has 2 N–H and O–H groups in total. The lowest BCUT2D eigenvalue weighted by atomic mass is 9.99. The van der Waals surface area contributed by atoms with Crippen molar-refractivity contribution in [2.24, 2.45) is 0 Å². The average molecular weight is 242 g/mol. The Morgan fingerprint density at radius 1 is 1.11 bits per heavy atom. The van der Waals surface area contributed by atoms with Gasteiger partial charge in [-0.2, -0.15) is 0 Å². The fourth-order valence-corrected chi connectivity index (χ4v) is 1.74. The van der Waals surface area contributed by atoms with Gasteiger partial charge in [-0.05, 0) is 23.3 Å². The number of rotatable bonds is 3. The van der Waals surface area contributed by atoms with Crippen molar-refractivity contribution in [1.82, 2.24) is 0 Å². The van der Waals surface area contributed by atoms with Crippen LogP contribution in [0.2, 0.25) is 0 Å². The summed E-state index contributed by atoms with van der Waals surface area (Å²) >= 11 is 0. The monoisotopic (exact) mass is 242 g/mol. The molecule has 0 aliphatic heterocycles. The largest absolute Gasteiger partial charge is 0.507 e. The maximum atomic E-state index is 10.9. The highest BCUT2D eigenvalue weighted by Crippen LogP contribution is 2.28. The van der Waals surface area contributed by atoms with Gasteiger partial charge in [0.1, 0.15) is 11.3 Å². The van der Waals surface area contributed by atoms with Gasteiger partial charge in [0.15, 0.2) is 6.29 Å². The zero-order valence-electron chi connectivity index (χ0n) is 9.33. The Morgan fingerprint density at radius 2 is 1.83 bits per heavy atom. The minimum atomic E-state index is -1.19. The number of aromatic hydroxyl groups is 1. The quantitative estimate of drug-likeness (QED) is 0.811. The van der Waals surface area contributed by atoms with Crippen molar-refractivity contribution in [2.75, 3.05) is 0 Å². The van der Waals surface area contributed by atoms with Crippen molar-refractivity contribution in [2.45, 2.75) is 0 Å². The van der Waals surface area contributed by atoms with Gasteiger partial charge in [-0.3, -0.25) is 4.79 Å². The summed E-state index contributed by atoms with van der Waals surface area (Å²) in [5.41, 5.74) is 1.57. The highest BCUT2D eigenvalue weighted by atomic mass is 16.4. The summed E-state index contributed by atoms with van der Waals surface area (Å²) in [4.78, 5) is 21.7. The van der Waals surface area contributed by atoms with Crippen LogP contribution in [0.5, 0.6) is 5.75 Å². The van der Waals surface area contributed by atoms with Crippen LogP contribution in [-0.2, 0) is 0 Å². The van der Waals surface area contributed by atoms with Gasteiger partial charge in [0.25, 0.3) is 0 Å². The number of carboxylic acids is 1. The fourth-order valence-electron chi connectivity index (χ4n) is 1.74. The van der Waals surface area contributed by atoms with Crippen molar-refractivity contribution < 1.29 is 19.8 Å². The lowest BCUT2D eigenvalue weighted by molar-refractivity contribution is 0.0693. The first kappa shape index (κ1) is 11.9. The summed E-state index contributed by atoms with van der Waals surface area (Å²) in [5, 5.41) is 18.4. The Morgan fingerprint density at radius 3 is 2.44 bits per heavy atom. The van der Waals surface area contributed by atoms with E-state index in [-0.39, 0.29) is 11.3 Å². The lowest BCUT2D eigenvalue weighted by Gasteiger charge is -2.06. The fraction of sp³-hybridized carbons (Fsp3) is 0. The van der Waals surface area contributed by atoms with Crippen molar-refractivity contribution in [3.8, 4) is 16.9 Å². The molecule has 2 aromatic carbocycles. The van der Waals surface area contributed by atoms with Crippen LogP contribution in [0.15, 0.2) is 42.5 Å². The molecule has 0 amide bonds. The SMILES string of the molecule is O=Cc1ccccc1-c1ccc(C(=O)O)c(O)c1. The minimum Gasteiger partial charge on any atom is -0.507 e. The van der Waals surface area contributed by atoms with Crippen molar-refractivity contribution in [3.05, 3.63) is 53.6 Å². The number of carboxylic acid groups (broad SMARTS) is 1. The van der Waals surface area contributed by atoms with Crippen molar-refractivity contribution >= 4 is 12.3 Å².